The van der Waals surface area contributed by atoms with Crippen LogP contribution in [0.5, 0.6) is 0 Å². The molecule has 1 heterocycles. The maximum Gasteiger partial charge on any atom is 0.328 e. The number of thiophene rings is 1. The number of rotatable bonds is 6. The molecular weight excluding hydrogens is 296 g/mol. The average Bonchev–Trinajstić information content (AvgIpc) is 2.84. The first-order chi connectivity index (χ1) is 9.63. The molecule has 0 spiro atoms. The van der Waals surface area contributed by atoms with Crippen molar-refractivity contribution in [3.05, 3.63) is 62.8 Å². The zero-order chi connectivity index (χ0) is 14.4. The summed E-state index contributed by atoms with van der Waals surface area (Å²) in [4.78, 5) is 11.5. The lowest BCUT2D eigenvalue weighted by molar-refractivity contribution is -0.131. The first-order valence-electron chi connectivity index (χ1n) is 5.94. The van der Waals surface area contributed by atoms with Gasteiger partial charge in [-0.1, -0.05) is 23.7 Å². The Bertz CT molecular complexity index is 619. The fourth-order valence-corrected chi connectivity index (χ4v) is 2.63. The van der Waals surface area contributed by atoms with Crippen molar-refractivity contribution in [2.24, 2.45) is 0 Å². The third kappa shape index (κ3) is 4.81. The molecule has 2 rings (SSSR count). The minimum absolute atomic E-state index is 0.498. The molecule has 0 amide bonds. The van der Waals surface area contributed by atoms with E-state index in [0.29, 0.717) is 18.2 Å². The number of carbonyl (C=O) groups is 1. The van der Waals surface area contributed by atoms with Gasteiger partial charge in [-0.05, 0) is 40.8 Å². The fraction of sp³-hybridized carbons (Fsp3) is 0.133. The fourth-order valence-electron chi connectivity index (χ4n) is 1.62. The molecule has 3 nitrogen and oxygen atoms in total. The van der Waals surface area contributed by atoms with E-state index in [-0.39, 0.29) is 0 Å². The van der Waals surface area contributed by atoms with Gasteiger partial charge < -0.3 is 9.84 Å². The largest absolute Gasteiger partial charge is 0.478 e. The SMILES string of the molecule is O=C(O)C=Cc1csc(COCc2cccc(Cl)c2)c1. The topological polar surface area (TPSA) is 46.5 Å². The number of hydrogen-bond acceptors (Lipinski definition) is 3. The lowest BCUT2D eigenvalue weighted by Gasteiger charge is -2.03. The van der Waals surface area contributed by atoms with Crippen LogP contribution in [0.2, 0.25) is 5.02 Å². The minimum atomic E-state index is -0.949. The first-order valence-corrected chi connectivity index (χ1v) is 7.20. The summed E-state index contributed by atoms with van der Waals surface area (Å²) in [5, 5.41) is 11.2. The van der Waals surface area contributed by atoms with E-state index >= 15 is 0 Å². The number of carboxylic acids is 1. The Morgan fingerprint density at radius 3 is 2.95 bits per heavy atom. The molecule has 0 aliphatic rings. The van der Waals surface area contributed by atoms with E-state index in [2.05, 4.69) is 0 Å². The van der Waals surface area contributed by atoms with Crippen molar-refractivity contribution in [2.45, 2.75) is 13.2 Å². The van der Waals surface area contributed by atoms with Crippen LogP contribution in [-0.4, -0.2) is 11.1 Å². The van der Waals surface area contributed by atoms with Gasteiger partial charge in [0.25, 0.3) is 0 Å². The Morgan fingerprint density at radius 2 is 2.20 bits per heavy atom. The average molecular weight is 309 g/mol. The van der Waals surface area contributed by atoms with Crippen LogP contribution in [0.3, 0.4) is 0 Å². The predicted molar refractivity (Wildman–Crippen MR) is 80.9 cm³/mol. The second-order valence-electron chi connectivity index (χ2n) is 4.14. The van der Waals surface area contributed by atoms with Gasteiger partial charge in [0.1, 0.15) is 0 Å². The van der Waals surface area contributed by atoms with E-state index in [1.165, 1.54) is 0 Å². The highest BCUT2D eigenvalue weighted by molar-refractivity contribution is 7.10. The molecule has 0 atom stereocenters. The predicted octanol–water partition coefficient (Wildman–Crippen LogP) is 4.22. The number of benzene rings is 1. The maximum atomic E-state index is 10.4. The van der Waals surface area contributed by atoms with E-state index in [9.17, 15) is 4.79 Å². The van der Waals surface area contributed by atoms with Crippen molar-refractivity contribution in [2.75, 3.05) is 0 Å². The molecular formula is C15H13ClO3S. The quantitative estimate of drug-likeness (QED) is 0.813. The Balaban J connectivity index is 1.84. The highest BCUT2D eigenvalue weighted by Gasteiger charge is 2.00. The van der Waals surface area contributed by atoms with Crippen molar-refractivity contribution < 1.29 is 14.6 Å². The van der Waals surface area contributed by atoms with Gasteiger partial charge in [0.05, 0.1) is 13.2 Å². The van der Waals surface area contributed by atoms with Gasteiger partial charge in [0.15, 0.2) is 0 Å². The molecule has 2 aromatic rings. The van der Waals surface area contributed by atoms with Crippen molar-refractivity contribution in [1.29, 1.82) is 0 Å². The Kier molecular flexibility index (Phi) is 5.35. The van der Waals surface area contributed by atoms with Crippen LogP contribution in [0.1, 0.15) is 16.0 Å². The molecule has 0 saturated heterocycles. The highest BCUT2D eigenvalue weighted by atomic mass is 35.5. The van der Waals surface area contributed by atoms with Crippen LogP contribution in [0.4, 0.5) is 0 Å². The summed E-state index contributed by atoms with van der Waals surface area (Å²) < 4.78 is 5.61. The van der Waals surface area contributed by atoms with E-state index in [4.69, 9.17) is 21.4 Å². The van der Waals surface area contributed by atoms with Gasteiger partial charge in [0, 0.05) is 16.0 Å². The monoisotopic (exact) mass is 308 g/mol. The Morgan fingerprint density at radius 1 is 1.35 bits per heavy atom. The first kappa shape index (κ1) is 14.8. The number of carboxylic acid groups (broad SMARTS) is 1. The lowest BCUT2D eigenvalue weighted by atomic mass is 10.2. The Hall–Kier alpha value is -1.62. The van der Waals surface area contributed by atoms with Gasteiger partial charge in [-0.2, -0.15) is 0 Å². The molecule has 104 valence electrons. The van der Waals surface area contributed by atoms with Crippen LogP contribution in [0.25, 0.3) is 6.08 Å². The van der Waals surface area contributed by atoms with Crippen molar-refractivity contribution in [3.63, 3.8) is 0 Å². The summed E-state index contributed by atoms with van der Waals surface area (Å²) in [5.74, 6) is -0.949. The van der Waals surface area contributed by atoms with Crippen LogP contribution < -0.4 is 0 Å². The van der Waals surface area contributed by atoms with Crippen molar-refractivity contribution in [3.8, 4) is 0 Å². The molecule has 0 unspecified atom stereocenters. The van der Waals surface area contributed by atoms with E-state index in [0.717, 1.165) is 22.1 Å². The molecule has 0 aliphatic heterocycles. The summed E-state index contributed by atoms with van der Waals surface area (Å²) in [6.45, 7) is 0.997. The van der Waals surface area contributed by atoms with Gasteiger partial charge in [-0.3, -0.25) is 0 Å². The molecule has 0 aliphatic carbocycles. The molecule has 1 N–H and O–H groups in total. The smallest absolute Gasteiger partial charge is 0.328 e. The summed E-state index contributed by atoms with van der Waals surface area (Å²) in [6.07, 6.45) is 2.69. The normalized spacial score (nSPS) is 11.1. The van der Waals surface area contributed by atoms with Crippen molar-refractivity contribution >= 4 is 35.0 Å². The summed E-state index contributed by atoms with van der Waals surface area (Å²) in [6, 6.07) is 9.47. The zero-order valence-corrected chi connectivity index (χ0v) is 12.2. The third-order valence-electron chi connectivity index (χ3n) is 2.49. The summed E-state index contributed by atoms with van der Waals surface area (Å²) in [7, 11) is 0. The standard InChI is InChI=1S/C15H13ClO3S/c16-13-3-1-2-11(6-13)8-19-9-14-7-12(10-20-14)4-5-15(17)18/h1-7,10H,8-9H2,(H,17,18). The molecule has 0 bridgehead atoms. The van der Waals surface area contributed by atoms with Crippen LogP contribution >= 0.6 is 22.9 Å². The third-order valence-corrected chi connectivity index (χ3v) is 3.66. The molecule has 5 heteroatoms. The van der Waals surface area contributed by atoms with E-state index in [1.807, 2.05) is 35.7 Å². The van der Waals surface area contributed by atoms with Crippen LogP contribution in [-0.2, 0) is 22.7 Å². The van der Waals surface area contributed by atoms with Crippen molar-refractivity contribution in [1.82, 2.24) is 0 Å². The summed E-state index contributed by atoms with van der Waals surface area (Å²) in [5.41, 5.74) is 1.90. The van der Waals surface area contributed by atoms with Gasteiger partial charge in [-0.15, -0.1) is 11.3 Å². The second-order valence-corrected chi connectivity index (χ2v) is 5.57. The molecule has 1 aromatic heterocycles. The molecule has 0 radical (unpaired) electrons. The lowest BCUT2D eigenvalue weighted by Crippen LogP contribution is -1.92. The van der Waals surface area contributed by atoms with Crippen LogP contribution in [0.15, 0.2) is 41.8 Å². The Labute approximate surface area is 126 Å². The molecule has 0 fully saturated rings. The van der Waals surface area contributed by atoms with E-state index in [1.54, 1.807) is 17.4 Å². The summed E-state index contributed by atoms with van der Waals surface area (Å²) >= 11 is 7.44. The molecule has 0 saturated carbocycles. The van der Waals surface area contributed by atoms with Crippen LogP contribution in [0, 0.1) is 0 Å². The zero-order valence-electron chi connectivity index (χ0n) is 10.6. The van der Waals surface area contributed by atoms with E-state index < -0.39 is 5.97 Å². The maximum absolute atomic E-state index is 10.4. The number of halogens is 1. The molecule has 20 heavy (non-hydrogen) atoms. The highest BCUT2D eigenvalue weighted by Crippen LogP contribution is 2.18. The number of hydrogen-bond donors (Lipinski definition) is 1. The van der Waals surface area contributed by atoms with Gasteiger partial charge >= 0.3 is 5.97 Å². The number of aliphatic carboxylic acids is 1. The molecule has 1 aromatic carbocycles. The number of ether oxygens (including phenoxy) is 1. The second kappa shape index (κ2) is 7.24. The van der Waals surface area contributed by atoms with Gasteiger partial charge in [-0.25, -0.2) is 4.79 Å². The minimum Gasteiger partial charge on any atom is -0.478 e. The van der Waals surface area contributed by atoms with Gasteiger partial charge in [0.2, 0.25) is 0 Å².